The Kier molecular flexibility index (Phi) is 4.95. The first kappa shape index (κ1) is 16.9. The van der Waals surface area contributed by atoms with Crippen LogP contribution >= 0.6 is 11.3 Å². The van der Waals surface area contributed by atoms with E-state index in [1.54, 1.807) is 20.3 Å². The molecule has 0 atom stereocenters. The van der Waals surface area contributed by atoms with Crippen molar-refractivity contribution in [2.45, 2.75) is 6.54 Å². The number of nitrogens with one attached hydrogen (secondary N) is 1. The van der Waals surface area contributed by atoms with Crippen molar-refractivity contribution in [1.82, 2.24) is 4.98 Å². The van der Waals surface area contributed by atoms with Crippen LogP contribution in [0.1, 0.15) is 5.56 Å². The first-order chi connectivity index (χ1) is 12.1. The number of aromatic nitrogens is 1. The Morgan fingerprint density at radius 2 is 1.80 bits per heavy atom. The van der Waals surface area contributed by atoms with Crippen LogP contribution in [0.25, 0.3) is 11.3 Å². The Bertz CT molecular complexity index is 879. The predicted octanol–water partition coefficient (Wildman–Crippen LogP) is 3.85. The fourth-order valence-corrected chi connectivity index (χ4v) is 3.06. The van der Waals surface area contributed by atoms with E-state index < -0.39 is 0 Å². The lowest BCUT2D eigenvalue weighted by atomic mass is 10.1. The van der Waals surface area contributed by atoms with Gasteiger partial charge in [0.15, 0.2) is 28.1 Å². The third kappa shape index (κ3) is 3.77. The van der Waals surface area contributed by atoms with Gasteiger partial charge in [-0.2, -0.15) is 0 Å². The Hall–Kier alpha value is -2.93. The van der Waals surface area contributed by atoms with E-state index >= 15 is 0 Å². The molecule has 0 saturated heterocycles. The highest BCUT2D eigenvalue weighted by Crippen LogP contribution is 2.32. The Balaban J connectivity index is 1.70. The monoisotopic (exact) mass is 358 g/mol. The largest absolute Gasteiger partial charge is 0.504 e. The SMILES string of the molecule is COc1ccc(CNc2nc(-c3ccc(O)c(O)c3)cs2)cc1OC. The first-order valence-corrected chi connectivity index (χ1v) is 8.41. The summed E-state index contributed by atoms with van der Waals surface area (Å²) in [5.74, 6) is 1.06. The quantitative estimate of drug-likeness (QED) is 0.581. The number of thiazole rings is 1. The van der Waals surface area contributed by atoms with Crippen molar-refractivity contribution in [3.05, 3.63) is 47.3 Å². The minimum Gasteiger partial charge on any atom is -0.504 e. The lowest BCUT2D eigenvalue weighted by Gasteiger charge is -2.09. The third-order valence-corrected chi connectivity index (χ3v) is 4.47. The molecule has 0 fully saturated rings. The molecule has 0 spiro atoms. The van der Waals surface area contributed by atoms with E-state index in [4.69, 9.17) is 9.47 Å². The number of rotatable bonds is 6. The molecular formula is C18H18N2O4S. The Labute approximate surface area is 149 Å². The lowest BCUT2D eigenvalue weighted by molar-refractivity contribution is 0.354. The molecule has 130 valence electrons. The molecule has 25 heavy (non-hydrogen) atoms. The summed E-state index contributed by atoms with van der Waals surface area (Å²) in [7, 11) is 3.21. The molecule has 0 aliphatic carbocycles. The predicted molar refractivity (Wildman–Crippen MR) is 97.8 cm³/mol. The molecule has 2 aromatic carbocycles. The molecule has 3 rings (SSSR count). The summed E-state index contributed by atoms with van der Waals surface area (Å²) in [5.41, 5.74) is 2.51. The van der Waals surface area contributed by atoms with Gasteiger partial charge in [-0.05, 0) is 35.9 Å². The Morgan fingerprint density at radius 1 is 1.00 bits per heavy atom. The van der Waals surface area contributed by atoms with Crippen molar-refractivity contribution in [2.75, 3.05) is 19.5 Å². The summed E-state index contributed by atoms with van der Waals surface area (Å²) < 4.78 is 10.5. The van der Waals surface area contributed by atoms with Crippen LogP contribution < -0.4 is 14.8 Å². The van der Waals surface area contributed by atoms with Gasteiger partial charge in [-0.3, -0.25) is 0 Å². The molecule has 7 heteroatoms. The van der Waals surface area contributed by atoms with Gasteiger partial charge in [-0.25, -0.2) is 4.98 Å². The number of methoxy groups -OCH3 is 2. The van der Waals surface area contributed by atoms with Crippen LogP contribution in [0.5, 0.6) is 23.0 Å². The molecule has 3 N–H and O–H groups in total. The van der Waals surface area contributed by atoms with Crippen molar-refractivity contribution < 1.29 is 19.7 Å². The van der Waals surface area contributed by atoms with E-state index in [-0.39, 0.29) is 11.5 Å². The maximum atomic E-state index is 9.60. The van der Waals surface area contributed by atoms with Crippen LogP contribution in [-0.2, 0) is 6.54 Å². The number of aromatic hydroxyl groups is 2. The van der Waals surface area contributed by atoms with E-state index in [1.807, 2.05) is 23.6 Å². The number of phenolic OH excluding ortho intramolecular Hbond substituents is 2. The van der Waals surface area contributed by atoms with Gasteiger partial charge in [0.05, 0.1) is 19.9 Å². The van der Waals surface area contributed by atoms with E-state index in [0.717, 1.165) is 22.0 Å². The number of nitrogens with zero attached hydrogens (tertiary/aromatic N) is 1. The van der Waals surface area contributed by atoms with Gasteiger partial charge in [0.2, 0.25) is 0 Å². The summed E-state index contributed by atoms with van der Waals surface area (Å²) in [6.45, 7) is 0.591. The van der Waals surface area contributed by atoms with Gasteiger partial charge < -0.3 is 25.0 Å². The number of phenols is 2. The van der Waals surface area contributed by atoms with Gasteiger partial charge in [-0.1, -0.05) is 6.07 Å². The molecular weight excluding hydrogens is 340 g/mol. The van der Waals surface area contributed by atoms with Crippen LogP contribution in [0.3, 0.4) is 0 Å². The van der Waals surface area contributed by atoms with Crippen molar-refractivity contribution in [2.24, 2.45) is 0 Å². The topological polar surface area (TPSA) is 83.8 Å². The highest BCUT2D eigenvalue weighted by Gasteiger charge is 2.08. The van der Waals surface area contributed by atoms with Crippen LogP contribution in [0.4, 0.5) is 5.13 Å². The van der Waals surface area contributed by atoms with Gasteiger partial charge in [0, 0.05) is 17.5 Å². The van der Waals surface area contributed by atoms with Gasteiger partial charge in [0.1, 0.15) is 0 Å². The maximum Gasteiger partial charge on any atom is 0.183 e. The number of anilines is 1. The molecule has 1 heterocycles. The molecule has 0 radical (unpaired) electrons. The lowest BCUT2D eigenvalue weighted by Crippen LogP contribution is -2.00. The average Bonchev–Trinajstić information content (AvgIpc) is 3.11. The average molecular weight is 358 g/mol. The van der Waals surface area contributed by atoms with Crippen molar-refractivity contribution in [3.8, 4) is 34.3 Å². The molecule has 0 amide bonds. The fourth-order valence-electron chi connectivity index (χ4n) is 2.34. The molecule has 0 bridgehead atoms. The molecule has 0 aliphatic heterocycles. The molecule has 6 nitrogen and oxygen atoms in total. The molecule has 3 aromatic rings. The van der Waals surface area contributed by atoms with E-state index in [2.05, 4.69) is 10.3 Å². The highest BCUT2D eigenvalue weighted by atomic mass is 32.1. The zero-order chi connectivity index (χ0) is 17.8. The van der Waals surface area contributed by atoms with Crippen LogP contribution in [0.2, 0.25) is 0 Å². The van der Waals surface area contributed by atoms with Crippen LogP contribution in [-0.4, -0.2) is 29.4 Å². The van der Waals surface area contributed by atoms with Gasteiger partial charge >= 0.3 is 0 Å². The molecule has 0 saturated carbocycles. The minimum absolute atomic E-state index is 0.147. The molecule has 0 aliphatic rings. The normalized spacial score (nSPS) is 10.5. The van der Waals surface area contributed by atoms with Crippen LogP contribution in [0.15, 0.2) is 41.8 Å². The second-order valence-corrected chi connectivity index (χ2v) is 6.14. The molecule has 1 aromatic heterocycles. The fraction of sp³-hybridized carbons (Fsp3) is 0.167. The summed E-state index contributed by atoms with van der Waals surface area (Å²) in [6, 6.07) is 10.4. The number of ether oxygens (including phenoxy) is 2. The zero-order valence-corrected chi connectivity index (χ0v) is 14.6. The van der Waals surface area contributed by atoms with Gasteiger partial charge in [0.25, 0.3) is 0 Å². The van der Waals surface area contributed by atoms with Crippen molar-refractivity contribution in [3.63, 3.8) is 0 Å². The summed E-state index contributed by atoms with van der Waals surface area (Å²) in [6.07, 6.45) is 0. The minimum atomic E-state index is -0.162. The van der Waals surface area contributed by atoms with E-state index in [9.17, 15) is 10.2 Å². The highest BCUT2D eigenvalue weighted by molar-refractivity contribution is 7.14. The summed E-state index contributed by atoms with van der Waals surface area (Å²) in [4.78, 5) is 4.50. The first-order valence-electron chi connectivity index (χ1n) is 7.53. The number of hydrogen-bond donors (Lipinski definition) is 3. The number of benzene rings is 2. The maximum absolute atomic E-state index is 9.60. The smallest absolute Gasteiger partial charge is 0.183 e. The van der Waals surface area contributed by atoms with E-state index in [1.165, 1.54) is 23.5 Å². The third-order valence-electron chi connectivity index (χ3n) is 3.67. The van der Waals surface area contributed by atoms with Crippen LogP contribution in [0, 0.1) is 0 Å². The summed E-state index contributed by atoms with van der Waals surface area (Å²) in [5, 5.41) is 24.9. The summed E-state index contributed by atoms with van der Waals surface area (Å²) >= 11 is 1.47. The molecule has 0 unspecified atom stereocenters. The van der Waals surface area contributed by atoms with E-state index in [0.29, 0.717) is 18.0 Å². The Morgan fingerprint density at radius 3 is 2.52 bits per heavy atom. The number of hydrogen-bond acceptors (Lipinski definition) is 7. The second kappa shape index (κ2) is 7.31. The second-order valence-electron chi connectivity index (χ2n) is 5.28. The van der Waals surface area contributed by atoms with Gasteiger partial charge in [-0.15, -0.1) is 11.3 Å². The van der Waals surface area contributed by atoms with Crippen molar-refractivity contribution >= 4 is 16.5 Å². The zero-order valence-electron chi connectivity index (χ0n) is 13.8. The van der Waals surface area contributed by atoms with Crippen molar-refractivity contribution in [1.29, 1.82) is 0 Å². The standard InChI is InChI=1S/C18H18N2O4S/c1-23-16-6-3-11(7-17(16)24-2)9-19-18-20-13(10-25-18)12-4-5-14(21)15(22)8-12/h3-8,10,21-22H,9H2,1-2H3,(H,19,20).